The quantitative estimate of drug-likeness (QED) is 0.800. The predicted octanol–water partition coefficient (Wildman–Crippen LogP) is 3.62. The first-order chi connectivity index (χ1) is 11.3. The van der Waals surface area contributed by atoms with Crippen LogP contribution in [0.25, 0.3) is 10.8 Å². The highest BCUT2D eigenvalue weighted by molar-refractivity contribution is 6.02. The van der Waals surface area contributed by atoms with Gasteiger partial charge >= 0.3 is 6.03 Å². The van der Waals surface area contributed by atoms with Gasteiger partial charge in [-0.2, -0.15) is 0 Å². The van der Waals surface area contributed by atoms with Gasteiger partial charge in [0.15, 0.2) is 0 Å². The lowest BCUT2D eigenvalue weighted by Gasteiger charge is -2.20. The summed E-state index contributed by atoms with van der Waals surface area (Å²) in [7, 11) is 1.79. The summed E-state index contributed by atoms with van der Waals surface area (Å²) >= 11 is 0. The molecule has 2 aromatic carbocycles. The minimum atomic E-state index is -0.114. The monoisotopic (exact) mass is 305 g/mol. The van der Waals surface area contributed by atoms with Gasteiger partial charge < -0.3 is 5.32 Å². The third-order valence-corrected chi connectivity index (χ3v) is 3.82. The largest absolute Gasteiger partial charge is 0.337 e. The topological polar surface area (TPSA) is 45.2 Å². The minimum Gasteiger partial charge on any atom is -0.337 e. The van der Waals surface area contributed by atoms with Gasteiger partial charge in [-0.3, -0.25) is 9.88 Å². The first-order valence-electron chi connectivity index (χ1n) is 7.65. The molecule has 23 heavy (non-hydrogen) atoms. The molecule has 4 heteroatoms. The fraction of sp³-hybridized carbons (Fsp3) is 0.158. The summed E-state index contributed by atoms with van der Waals surface area (Å²) in [5.41, 5.74) is 1.87. The number of amides is 2. The van der Waals surface area contributed by atoms with Crippen molar-refractivity contribution in [2.45, 2.75) is 6.42 Å². The van der Waals surface area contributed by atoms with Crippen molar-refractivity contribution in [1.82, 2.24) is 10.3 Å². The highest BCUT2D eigenvalue weighted by atomic mass is 16.2. The molecule has 0 saturated heterocycles. The number of aromatic nitrogens is 1. The third-order valence-electron chi connectivity index (χ3n) is 3.82. The Kier molecular flexibility index (Phi) is 4.52. The number of benzene rings is 2. The second-order valence-electron chi connectivity index (χ2n) is 5.36. The van der Waals surface area contributed by atoms with Crippen molar-refractivity contribution in [3.63, 3.8) is 0 Å². The standard InChI is InChI=1S/C19H19N3O/c1-22(18-11-6-8-15-7-2-3-10-17(15)18)19(23)21-14-12-16-9-4-5-13-20-16/h2-11,13H,12,14H2,1H3,(H,21,23). The first-order valence-corrected chi connectivity index (χ1v) is 7.65. The molecule has 0 saturated carbocycles. The molecular formula is C19H19N3O. The molecule has 1 heterocycles. The van der Waals surface area contributed by atoms with Crippen molar-refractivity contribution in [3.05, 3.63) is 72.6 Å². The highest BCUT2D eigenvalue weighted by Crippen LogP contribution is 2.25. The molecule has 0 radical (unpaired) electrons. The molecule has 4 nitrogen and oxygen atoms in total. The number of pyridine rings is 1. The Balaban J connectivity index is 1.67. The van der Waals surface area contributed by atoms with Gasteiger partial charge in [0.25, 0.3) is 0 Å². The maximum atomic E-state index is 12.4. The van der Waals surface area contributed by atoms with Crippen LogP contribution >= 0.6 is 0 Å². The van der Waals surface area contributed by atoms with E-state index in [1.54, 1.807) is 18.1 Å². The van der Waals surface area contributed by atoms with E-state index in [2.05, 4.69) is 10.3 Å². The molecule has 0 fully saturated rings. The summed E-state index contributed by atoms with van der Waals surface area (Å²) in [4.78, 5) is 18.3. The molecule has 3 rings (SSSR count). The Morgan fingerprint density at radius 1 is 1.04 bits per heavy atom. The van der Waals surface area contributed by atoms with Gasteiger partial charge in [0.05, 0.1) is 5.69 Å². The van der Waals surface area contributed by atoms with Crippen LogP contribution in [0.3, 0.4) is 0 Å². The second kappa shape index (κ2) is 6.92. The third kappa shape index (κ3) is 3.48. The summed E-state index contributed by atoms with van der Waals surface area (Å²) in [5.74, 6) is 0. The van der Waals surface area contributed by atoms with E-state index >= 15 is 0 Å². The maximum Gasteiger partial charge on any atom is 0.321 e. The molecule has 0 atom stereocenters. The van der Waals surface area contributed by atoms with E-state index in [4.69, 9.17) is 0 Å². The van der Waals surface area contributed by atoms with Crippen LogP contribution in [-0.4, -0.2) is 24.6 Å². The van der Waals surface area contributed by atoms with E-state index in [1.165, 1.54) is 0 Å². The van der Waals surface area contributed by atoms with Crippen molar-refractivity contribution in [2.24, 2.45) is 0 Å². The van der Waals surface area contributed by atoms with Gasteiger partial charge in [0, 0.05) is 37.3 Å². The second-order valence-corrected chi connectivity index (χ2v) is 5.36. The Morgan fingerprint density at radius 2 is 1.83 bits per heavy atom. The fourth-order valence-corrected chi connectivity index (χ4v) is 2.57. The lowest BCUT2D eigenvalue weighted by molar-refractivity contribution is 0.247. The SMILES string of the molecule is CN(C(=O)NCCc1ccccn1)c1cccc2ccccc12. The molecular weight excluding hydrogens is 286 g/mol. The Bertz CT molecular complexity index is 797. The first kappa shape index (κ1) is 15.0. The molecule has 0 unspecified atom stereocenters. The van der Waals surface area contributed by atoms with Crippen LogP contribution in [0.2, 0.25) is 0 Å². The van der Waals surface area contributed by atoms with Crippen LogP contribution in [0.15, 0.2) is 66.9 Å². The van der Waals surface area contributed by atoms with Crippen LogP contribution in [0.5, 0.6) is 0 Å². The number of nitrogens with one attached hydrogen (secondary N) is 1. The highest BCUT2D eigenvalue weighted by Gasteiger charge is 2.12. The van der Waals surface area contributed by atoms with Gasteiger partial charge in [-0.15, -0.1) is 0 Å². The van der Waals surface area contributed by atoms with Crippen molar-refractivity contribution in [2.75, 3.05) is 18.5 Å². The number of rotatable bonds is 4. The van der Waals surface area contributed by atoms with Crippen molar-refractivity contribution in [1.29, 1.82) is 0 Å². The molecule has 1 N–H and O–H groups in total. The number of urea groups is 1. The van der Waals surface area contributed by atoms with E-state index in [0.717, 1.165) is 28.6 Å². The van der Waals surface area contributed by atoms with Crippen LogP contribution in [0, 0.1) is 0 Å². The molecule has 0 spiro atoms. The normalized spacial score (nSPS) is 10.5. The molecule has 2 amide bonds. The van der Waals surface area contributed by atoms with Crippen molar-refractivity contribution in [3.8, 4) is 0 Å². The minimum absolute atomic E-state index is 0.114. The molecule has 1 aromatic heterocycles. The Morgan fingerprint density at radius 3 is 2.65 bits per heavy atom. The molecule has 0 bridgehead atoms. The summed E-state index contributed by atoms with van der Waals surface area (Å²) in [6.45, 7) is 0.560. The van der Waals surface area contributed by atoms with E-state index < -0.39 is 0 Å². The molecule has 0 aliphatic carbocycles. The number of nitrogens with zero attached hydrogens (tertiary/aromatic N) is 2. The van der Waals surface area contributed by atoms with Crippen LogP contribution in [-0.2, 0) is 6.42 Å². The summed E-state index contributed by atoms with van der Waals surface area (Å²) in [6.07, 6.45) is 2.48. The lowest BCUT2D eigenvalue weighted by Crippen LogP contribution is -2.38. The molecule has 3 aromatic rings. The van der Waals surface area contributed by atoms with Gasteiger partial charge in [-0.25, -0.2) is 4.79 Å². The fourth-order valence-electron chi connectivity index (χ4n) is 2.57. The lowest BCUT2D eigenvalue weighted by atomic mass is 10.1. The number of fused-ring (bicyclic) bond motifs is 1. The van der Waals surface area contributed by atoms with Crippen LogP contribution in [0.1, 0.15) is 5.69 Å². The van der Waals surface area contributed by atoms with Crippen molar-refractivity contribution < 1.29 is 4.79 Å². The number of hydrogen-bond acceptors (Lipinski definition) is 2. The van der Waals surface area contributed by atoms with E-state index in [0.29, 0.717) is 6.54 Å². The van der Waals surface area contributed by atoms with E-state index in [9.17, 15) is 4.79 Å². The summed E-state index contributed by atoms with van der Waals surface area (Å²) in [6, 6.07) is 19.7. The zero-order valence-electron chi connectivity index (χ0n) is 13.1. The molecule has 0 aliphatic rings. The van der Waals surface area contributed by atoms with Gasteiger partial charge in [-0.1, -0.05) is 42.5 Å². The number of carbonyl (C=O) groups excluding carboxylic acids is 1. The zero-order chi connectivity index (χ0) is 16.1. The zero-order valence-corrected chi connectivity index (χ0v) is 13.1. The predicted molar refractivity (Wildman–Crippen MR) is 93.7 cm³/mol. The Hall–Kier alpha value is -2.88. The van der Waals surface area contributed by atoms with Gasteiger partial charge in [0.1, 0.15) is 0 Å². The number of hydrogen-bond donors (Lipinski definition) is 1. The number of carbonyl (C=O) groups is 1. The summed E-state index contributed by atoms with van der Waals surface area (Å²) in [5, 5.41) is 5.13. The molecule has 116 valence electrons. The Labute approximate surface area is 135 Å². The molecule has 0 aliphatic heterocycles. The van der Waals surface area contributed by atoms with Crippen LogP contribution < -0.4 is 10.2 Å². The average molecular weight is 305 g/mol. The number of anilines is 1. The van der Waals surface area contributed by atoms with Crippen LogP contribution in [0.4, 0.5) is 10.5 Å². The van der Waals surface area contributed by atoms with E-state index in [-0.39, 0.29) is 6.03 Å². The van der Waals surface area contributed by atoms with E-state index in [1.807, 2.05) is 60.7 Å². The average Bonchev–Trinajstić information content (AvgIpc) is 2.61. The maximum absolute atomic E-state index is 12.4. The van der Waals surface area contributed by atoms with Gasteiger partial charge in [-0.05, 0) is 23.6 Å². The van der Waals surface area contributed by atoms with Crippen molar-refractivity contribution >= 4 is 22.5 Å². The summed E-state index contributed by atoms with van der Waals surface area (Å²) < 4.78 is 0. The smallest absolute Gasteiger partial charge is 0.321 e. The van der Waals surface area contributed by atoms with Gasteiger partial charge in [0.2, 0.25) is 0 Å².